The van der Waals surface area contributed by atoms with E-state index in [9.17, 15) is 4.39 Å². The van der Waals surface area contributed by atoms with Gasteiger partial charge in [-0.15, -0.1) is 0 Å². The highest BCUT2D eigenvalue weighted by atomic mass is 19.1. The van der Waals surface area contributed by atoms with E-state index in [-0.39, 0.29) is 5.82 Å². The van der Waals surface area contributed by atoms with Crippen molar-refractivity contribution in [2.75, 3.05) is 6.54 Å². The Morgan fingerprint density at radius 2 is 2.31 bits per heavy atom. The van der Waals surface area contributed by atoms with Crippen LogP contribution in [0.15, 0.2) is 30.3 Å². The van der Waals surface area contributed by atoms with Crippen LogP contribution in [0.1, 0.15) is 5.56 Å². The van der Waals surface area contributed by atoms with Crippen molar-refractivity contribution in [1.29, 1.82) is 0 Å². The van der Waals surface area contributed by atoms with Gasteiger partial charge in [-0.2, -0.15) is 0 Å². The van der Waals surface area contributed by atoms with Gasteiger partial charge in [0.15, 0.2) is 0 Å². The van der Waals surface area contributed by atoms with Crippen molar-refractivity contribution in [2.24, 2.45) is 5.92 Å². The lowest BCUT2D eigenvalue weighted by Crippen LogP contribution is -2.57. The molecular formula is C11H10FN. The molecule has 3 rings (SSSR count). The summed E-state index contributed by atoms with van der Waals surface area (Å²) in [6.45, 7) is 1.05. The fourth-order valence-electron chi connectivity index (χ4n) is 2.03. The van der Waals surface area contributed by atoms with Crippen LogP contribution in [0.25, 0.3) is 5.57 Å². The Kier molecular flexibility index (Phi) is 1.35. The Hall–Kier alpha value is -1.15. The van der Waals surface area contributed by atoms with Crippen LogP contribution in [0, 0.1) is 11.7 Å². The zero-order valence-electron chi connectivity index (χ0n) is 7.13. The molecular weight excluding hydrogens is 165 g/mol. The summed E-state index contributed by atoms with van der Waals surface area (Å²) >= 11 is 0. The van der Waals surface area contributed by atoms with Gasteiger partial charge in [-0.05, 0) is 23.3 Å². The largest absolute Gasteiger partial charge is 0.309 e. The van der Waals surface area contributed by atoms with Gasteiger partial charge in [-0.25, -0.2) is 4.39 Å². The first-order chi connectivity index (χ1) is 6.34. The van der Waals surface area contributed by atoms with Crippen LogP contribution in [-0.4, -0.2) is 12.6 Å². The lowest BCUT2D eigenvalue weighted by Gasteiger charge is -2.46. The summed E-state index contributed by atoms with van der Waals surface area (Å²) in [6.07, 6.45) is 2.18. The summed E-state index contributed by atoms with van der Waals surface area (Å²) < 4.78 is 12.9. The Morgan fingerprint density at radius 1 is 1.38 bits per heavy atom. The fourth-order valence-corrected chi connectivity index (χ4v) is 2.03. The number of rotatable bonds is 1. The third-order valence-electron chi connectivity index (χ3n) is 2.92. The first-order valence-electron chi connectivity index (χ1n) is 4.55. The number of nitrogens with one attached hydrogen (secondary N) is 1. The van der Waals surface area contributed by atoms with Gasteiger partial charge in [0.05, 0.1) is 0 Å². The molecule has 0 radical (unpaired) electrons. The van der Waals surface area contributed by atoms with Crippen molar-refractivity contribution in [3.63, 3.8) is 0 Å². The van der Waals surface area contributed by atoms with Crippen molar-refractivity contribution in [3.05, 3.63) is 41.7 Å². The second-order valence-electron chi connectivity index (χ2n) is 3.67. The molecule has 66 valence electrons. The molecule has 1 N–H and O–H groups in total. The van der Waals surface area contributed by atoms with Crippen LogP contribution in [0.2, 0.25) is 0 Å². The van der Waals surface area contributed by atoms with Crippen LogP contribution in [-0.2, 0) is 0 Å². The zero-order chi connectivity index (χ0) is 8.84. The molecule has 13 heavy (non-hydrogen) atoms. The average molecular weight is 175 g/mol. The van der Waals surface area contributed by atoms with E-state index >= 15 is 0 Å². The lowest BCUT2D eigenvalue weighted by atomic mass is 9.71. The molecule has 1 aromatic carbocycles. The minimum atomic E-state index is -0.144. The highest BCUT2D eigenvalue weighted by Gasteiger charge is 2.39. The number of benzene rings is 1. The van der Waals surface area contributed by atoms with Crippen molar-refractivity contribution < 1.29 is 4.39 Å². The highest BCUT2D eigenvalue weighted by Crippen LogP contribution is 2.40. The van der Waals surface area contributed by atoms with Crippen molar-refractivity contribution in [3.8, 4) is 0 Å². The molecule has 1 heterocycles. The smallest absolute Gasteiger partial charge is 0.123 e. The van der Waals surface area contributed by atoms with E-state index in [4.69, 9.17) is 0 Å². The molecule has 1 aliphatic carbocycles. The third kappa shape index (κ3) is 0.954. The van der Waals surface area contributed by atoms with Gasteiger partial charge < -0.3 is 5.32 Å². The molecule has 0 aromatic heterocycles. The van der Waals surface area contributed by atoms with Crippen molar-refractivity contribution in [1.82, 2.24) is 5.32 Å². The Bertz CT molecular complexity index is 383. The summed E-state index contributed by atoms with van der Waals surface area (Å²) in [6, 6.07) is 7.41. The molecule has 1 aliphatic heterocycles. The van der Waals surface area contributed by atoms with E-state index in [1.807, 2.05) is 6.07 Å². The van der Waals surface area contributed by atoms with E-state index in [2.05, 4.69) is 11.4 Å². The molecule has 1 nitrogen and oxygen atoms in total. The normalized spacial score (nSPS) is 29.8. The first kappa shape index (κ1) is 7.27. The summed E-state index contributed by atoms with van der Waals surface area (Å²) in [5.74, 6) is 0.496. The molecule has 1 saturated heterocycles. The first-order valence-corrected chi connectivity index (χ1v) is 4.55. The molecule has 2 atom stereocenters. The SMILES string of the molecule is Fc1cccc(C2=CC3NCC23)c1. The van der Waals surface area contributed by atoms with Gasteiger partial charge in [-0.3, -0.25) is 0 Å². The predicted octanol–water partition coefficient (Wildman–Crippen LogP) is 1.81. The minimum Gasteiger partial charge on any atom is -0.309 e. The number of halogens is 1. The second-order valence-corrected chi connectivity index (χ2v) is 3.67. The Labute approximate surface area is 76.3 Å². The minimum absolute atomic E-state index is 0.144. The van der Waals surface area contributed by atoms with Gasteiger partial charge in [0.1, 0.15) is 5.82 Å². The van der Waals surface area contributed by atoms with Gasteiger partial charge in [0.2, 0.25) is 0 Å². The van der Waals surface area contributed by atoms with Gasteiger partial charge >= 0.3 is 0 Å². The molecule has 0 bridgehead atoms. The number of fused-ring (bicyclic) bond motifs is 1. The third-order valence-corrected chi connectivity index (χ3v) is 2.92. The van der Waals surface area contributed by atoms with Crippen LogP contribution >= 0.6 is 0 Å². The topological polar surface area (TPSA) is 12.0 Å². The Morgan fingerprint density at radius 3 is 2.85 bits per heavy atom. The second kappa shape index (κ2) is 2.42. The van der Waals surface area contributed by atoms with E-state index in [1.54, 1.807) is 12.1 Å². The van der Waals surface area contributed by atoms with Crippen LogP contribution in [0.4, 0.5) is 4.39 Å². The lowest BCUT2D eigenvalue weighted by molar-refractivity contribution is 0.318. The molecule has 2 aliphatic rings. The van der Waals surface area contributed by atoms with Crippen LogP contribution in [0.3, 0.4) is 0 Å². The van der Waals surface area contributed by atoms with Gasteiger partial charge in [0, 0.05) is 18.5 Å². The van der Waals surface area contributed by atoms with E-state index in [1.165, 1.54) is 11.6 Å². The summed E-state index contributed by atoms with van der Waals surface area (Å²) in [5.41, 5.74) is 2.35. The number of hydrogen-bond acceptors (Lipinski definition) is 1. The molecule has 1 fully saturated rings. The summed E-state index contributed by atoms with van der Waals surface area (Å²) in [7, 11) is 0. The fraction of sp³-hybridized carbons (Fsp3) is 0.273. The standard InChI is InChI=1S/C11H10FN/c12-8-3-1-2-7(4-8)9-5-11-10(9)6-13-11/h1-5,10-11,13H,6H2. The maximum absolute atomic E-state index is 12.9. The van der Waals surface area contributed by atoms with E-state index < -0.39 is 0 Å². The average Bonchev–Trinajstić information content (AvgIpc) is 2.10. The van der Waals surface area contributed by atoms with Crippen molar-refractivity contribution >= 4 is 5.57 Å². The molecule has 1 aromatic rings. The zero-order valence-corrected chi connectivity index (χ0v) is 7.13. The molecule has 0 saturated carbocycles. The molecule has 0 spiro atoms. The van der Waals surface area contributed by atoms with Crippen LogP contribution in [0.5, 0.6) is 0 Å². The monoisotopic (exact) mass is 175 g/mol. The Balaban J connectivity index is 1.97. The van der Waals surface area contributed by atoms with Gasteiger partial charge in [0.25, 0.3) is 0 Å². The number of hydrogen-bond donors (Lipinski definition) is 1. The van der Waals surface area contributed by atoms with E-state index in [0.29, 0.717) is 12.0 Å². The quantitative estimate of drug-likeness (QED) is 0.686. The van der Waals surface area contributed by atoms with Gasteiger partial charge in [-0.1, -0.05) is 18.2 Å². The maximum atomic E-state index is 12.9. The highest BCUT2D eigenvalue weighted by molar-refractivity contribution is 5.76. The molecule has 0 amide bonds. The maximum Gasteiger partial charge on any atom is 0.123 e. The van der Waals surface area contributed by atoms with E-state index in [0.717, 1.165) is 12.1 Å². The summed E-state index contributed by atoms with van der Waals surface area (Å²) in [4.78, 5) is 0. The summed E-state index contributed by atoms with van der Waals surface area (Å²) in [5, 5.41) is 3.29. The predicted molar refractivity (Wildman–Crippen MR) is 49.7 cm³/mol. The molecule has 2 heteroatoms. The van der Waals surface area contributed by atoms with Crippen LogP contribution < -0.4 is 5.32 Å². The molecule has 2 unspecified atom stereocenters. The van der Waals surface area contributed by atoms with Crippen molar-refractivity contribution in [2.45, 2.75) is 6.04 Å².